The van der Waals surface area contributed by atoms with Gasteiger partial charge in [-0.15, -0.1) is 0 Å². The Morgan fingerprint density at radius 3 is 2.19 bits per heavy atom. The van der Waals surface area contributed by atoms with Gasteiger partial charge >= 0.3 is 5.97 Å². The summed E-state index contributed by atoms with van der Waals surface area (Å²) in [5.74, 6) is -2.00. The number of amides is 2. The summed E-state index contributed by atoms with van der Waals surface area (Å²) in [6.45, 7) is 1.90. The van der Waals surface area contributed by atoms with Crippen molar-refractivity contribution in [2.75, 3.05) is 4.90 Å². The summed E-state index contributed by atoms with van der Waals surface area (Å²) in [6.07, 6.45) is -0.132. The van der Waals surface area contributed by atoms with Crippen molar-refractivity contribution < 1.29 is 19.1 Å². The predicted molar refractivity (Wildman–Crippen MR) is 121 cm³/mol. The highest BCUT2D eigenvalue weighted by molar-refractivity contribution is 6.31. The quantitative estimate of drug-likeness (QED) is 0.307. The van der Waals surface area contributed by atoms with E-state index >= 15 is 0 Å². The van der Waals surface area contributed by atoms with Crippen LogP contribution in [0.15, 0.2) is 66.7 Å². The highest BCUT2D eigenvalue weighted by Gasteiger charge is 2.62. The van der Waals surface area contributed by atoms with Crippen molar-refractivity contribution in [1.29, 1.82) is 0 Å². The Morgan fingerprint density at radius 1 is 0.906 bits per heavy atom. The SMILES string of the molecule is Cc1ccc2c(c1)[C@@](c1ccc(Cl)cc1)([C@@H]1CC(=O)N(c3ccc(Cl)cc3)C1=O)C(=O)O2. The van der Waals surface area contributed by atoms with E-state index in [1.807, 2.05) is 19.1 Å². The molecule has 2 atom stereocenters. The van der Waals surface area contributed by atoms with E-state index in [1.54, 1.807) is 54.6 Å². The van der Waals surface area contributed by atoms with Gasteiger partial charge in [-0.25, -0.2) is 0 Å². The lowest BCUT2D eigenvalue weighted by molar-refractivity contribution is -0.141. The van der Waals surface area contributed by atoms with Crippen molar-refractivity contribution in [1.82, 2.24) is 0 Å². The third-order valence-electron chi connectivity index (χ3n) is 6.14. The third kappa shape index (κ3) is 2.96. The standard InChI is InChI=1S/C25H17Cl2NO4/c1-14-2-11-21-19(12-14)25(24(31)32-21,15-3-5-16(26)6-4-15)20-13-22(29)28(23(20)30)18-9-7-17(27)8-10-18/h2-12,20H,13H2,1H3/t20-,25+/m1/s1. The Bertz CT molecular complexity index is 1270. The number of nitrogens with zero attached hydrogens (tertiary/aromatic N) is 1. The molecule has 3 aromatic carbocycles. The number of fused-ring (bicyclic) bond motifs is 1. The lowest BCUT2D eigenvalue weighted by atomic mass is 9.65. The van der Waals surface area contributed by atoms with Crippen LogP contribution in [0.2, 0.25) is 10.0 Å². The molecule has 5 nitrogen and oxygen atoms in total. The Morgan fingerprint density at radius 2 is 1.53 bits per heavy atom. The average Bonchev–Trinajstić information content (AvgIpc) is 3.22. The maximum Gasteiger partial charge on any atom is 0.327 e. The van der Waals surface area contributed by atoms with Gasteiger partial charge in [-0.05, 0) is 55.0 Å². The molecule has 0 bridgehead atoms. The second-order valence-corrected chi connectivity index (χ2v) is 8.88. The molecule has 7 heteroatoms. The monoisotopic (exact) mass is 465 g/mol. The number of benzene rings is 3. The van der Waals surface area contributed by atoms with Crippen molar-refractivity contribution in [3.63, 3.8) is 0 Å². The van der Waals surface area contributed by atoms with Gasteiger partial charge in [0.15, 0.2) is 0 Å². The zero-order chi connectivity index (χ0) is 22.6. The van der Waals surface area contributed by atoms with Crippen molar-refractivity contribution in [2.45, 2.75) is 18.8 Å². The largest absolute Gasteiger partial charge is 0.425 e. The van der Waals surface area contributed by atoms with Gasteiger partial charge in [0.25, 0.3) is 0 Å². The van der Waals surface area contributed by atoms with E-state index in [2.05, 4.69) is 0 Å². The summed E-state index contributed by atoms with van der Waals surface area (Å²) >= 11 is 12.1. The first-order valence-corrected chi connectivity index (χ1v) is 10.8. The van der Waals surface area contributed by atoms with Crippen LogP contribution in [0.5, 0.6) is 5.75 Å². The Hall–Kier alpha value is -3.15. The molecule has 2 heterocycles. The van der Waals surface area contributed by atoms with Crippen LogP contribution in [0.4, 0.5) is 5.69 Å². The molecule has 3 aromatic rings. The van der Waals surface area contributed by atoms with Crippen LogP contribution in [0.25, 0.3) is 0 Å². The first kappa shape index (κ1) is 20.7. The number of rotatable bonds is 3. The first-order valence-electron chi connectivity index (χ1n) is 10.0. The van der Waals surface area contributed by atoms with E-state index in [0.29, 0.717) is 32.6 Å². The number of aryl methyl sites for hydroxylation is 1. The summed E-state index contributed by atoms with van der Waals surface area (Å²) in [6, 6.07) is 18.6. The van der Waals surface area contributed by atoms with Gasteiger partial charge in [-0.3, -0.25) is 19.3 Å². The van der Waals surface area contributed by atoms with Crippen LogP contribution >= 0.6 is 23.2 Å². The Kier molecular flexibility index (Phi) is 4.84. The lowest BCUT2D eigenvalue weighted by Gasteiger charge is -2.31. The number of carbonyl (C=O) groups excluding carboxylic acids is 3. The Labute approximate surface area is 194 Å². The van der Waals surface area contributed by atoms with Gasteiger partial charge in [0.1, 0.15) is 11.2 Å². The number of esters is 1. The van der Waals surface area contributed by atoms with Crippen LogP contribution in [0.3, 0.4) is 0 Å². The molecule has 0 radical (unpaired) electrons. The van der Waals surface area contributed by atoms with Crippen LogP contribution in [-0.4, -0.2) is 17.8 Å². The van der Waals surface area contributed by atoms with Gasteiger partial charge < -0.3 is 4.74 Å². The molecular weight excluding hydrogens is 449 g/mol. The minimum absolute atomic E-state index is 0.132. The number of imide groups is 1. The second-order valence-electron chi connectivity index (χ2n) is 8.00. The van der Waals surface area contributed by atoms with Gasteiger partial charge in [0.2, 0.25) is 11.8 Å². The van der Waals surface area contributed by atoms with Crippen molar-refractivity contribution >= 4 is 46.7 Å². The smallest absolute Gasteiger partial charge is 0.327 e. The molecule has 0 saturated carbocycles. The second kappa shape index (κ2) is 7.47. The molecule has 0 aromatic heterocycles. The molecule has 0 N–H and O–H groups in total. The van der Waals surface area contributed by atoms with E-state index in [9.17, 15) is 14.4 Å². The Balaban J connectivity index is 1.71. The highest BCUT2D eigenvalue weighted by Crippen LogP contribution is 2.53. The minimum atomic E-state index is -1.46. The molecule has 0 spiro atoms. The average molecular weight is 466 g/mol. The van der Waals surface area contributed by atoms with Crippen LogP contribution in [0, 0.1) is 12.8 Å². The van der Waals surface area contributed by atoms with Crippen molar-refractivity contribution in [3.05, 3.63) is 93.5 Å². The summed E-state index contributed by atoms with van der Waals surface area (Å²) in [7, 11) is 0. The number of carbonyl (C=O) groups is 3. The van der Waals surface area contributed by atoms with Gasteiger partial charge in [-0.1, -0.05) is 53.0 Å². The number of ether oxygens (including phenoxy) is 1. The highest BCUT2D eigenvalue weighted by atomic mass is 35.5. The van der Waals surface area contributed by atoms with Gasteiger partial charge in [0.05, 0.1) is 11.6 Å². The van der Waals surface area contributed by atoms with E-state index in [-0.39, 0.29) is 12.3 Å². The number of halogens is 2. The molecule has 32 heavy (non-hydrogen) atoms. The first-order chi connectivity index (χ1) is 15.3. The molecule has 2 aliphatic rings. The molecule has 5 rings (SSSR count). The maximum absolute atomic E-state index is 13.7. The maximum atomic E-state index is 13.7. The zero-order valence-electron chi connectivity index (χ0n) is 17.0. The summed E-state index contributed by atoms with van der Waals surface area (Å²) in [5.41, 5.74) is 0.995. The zero-order valence-corrected chi connectivity index (χ0v) is 18.5. The van der Waals surface area contributed by atoms with Crippen LogP contribution in [-0.2, 0) is 19.8 Å². The van der Waals surface area contributed by atoms with Crippen molar-refractivity contribution in [2.24, 2.45) is 5.92 Å². The molecule has 160 valence electrons. The topological polar surface area (TPSA) is 63.7 Å². The van der Waals surface area contributed by atoms with E-state index < -0.39 is 23.2 Å². The van der Waals surface area contributed by atoms with Gasteiger partial charge in [0, 0.05) is 22.0 Å². The fourth-order valence-electron chi connectivity index (χ4n) is 4.68. The van der Waals surface area contributed by atoms with E-state index in [0.717, 1.165) is 10.5 Å². The van der Waals surface area contributed by atoms with Gasteiger partial charge in [-0.2, -0.15) is 0 Å². The molecule has 0 unspecified atom stereocenters. The normalized spacial score (nSPS) is 22.3. The summed E-state index contributed by atoms with van der Waals surface area (Å²) in [5, 5.41) is 0.988. The molecule has 1 saturated heterocycles. The van der Waals surface area contributed by atoms with Crippen LogP contribution in [0.1, 0.15) is 23.1 Å². The summed E-state index contributed by atoms with van der Waals surface area (Å²) < 4.78 is 5.64. The van der Waals surface area contributed by atoms with E-state index in [4.69, 9.17) is 27.9 Å². The predicted octanol–water partition coefficient (Wildman–Crippen LogP) is 5.09. The molecule has 1 fully saturated rings. The van der Waals surface area contributed by atoms with E-state index in [1.165, 1.54) is 0 Å². The summed E-state index contributed by atoms with van der Waals surface area (Å²) in [4.78, 5) is 41.4. The number of anilines is 1. The molecule has 2 aliphatic heterocycles. The minimum Gasteiger partial charge on any atom is -0.425 e. The third-order valence-corrected chi connectivity index (χ3v) is 6.64. The molecule has 2 amide bonds. The number of hydrogen-bond donors (Lipinski definition) is 0. The fraction of sp³-hybridized carbons (Fsp3) is 0.160. The number of hydrogen-bond acceptors (Lipinski definition) is 4. The lowest BCUT2D eigenvalue weighted by Crippen LogP contribution is -2.46. The van der Waals surface area contributed by atoms with Crippen LogP contribution < -0.4 is 9.64 Å². The molecule has 0 aliphatic carbocycles. The fourth-order valence-corrected chi connectivity index (χ4v) is 4.93. The molecular formula is C25H17Cl2NO4. The van der Waals surface area contributed by atoms with Crippen molar-refractivity contribution in [3.8, 4) is 5.75 Å².